The molecule has 0 saturated carbocycles. The number of aromatic nitrogens is 2. The molecule has 0 aliphatic heterocycles. The smallest absolute Gasteiger partial charge is 0.168 e. The van der Waals surface area contributed by atoms with Crippen molar-refractivity contribution in [2.45, 2.75) is 0 Å². The number of hydrogen-bond donors (Lipinski definition) is 1. The van der Waals surface area contributed by atoms with Crippen molar-refractivity contribution in [1.29, 1.82) is 0 Å². The third-order valence-corrected chi connectivity index (χ3v) is 1.66. The molecule has 0 radical (unpaired) electrons. The van der Waals surface area contributed by atoms with Gasteiger partial charge in [0.25, 0.3) is 0 Å². The number of rotatable bonds is 1. The lowest BCUT2D eigenvalue weighted by Crippen LogP contribution is -1.79. The highest BCUT2D eigenvalue weighted by Crippen LogP contribution is 2.15. The summed E-state index contributed by atoms with van der Waals surface area (Å²) < 4.78 is 12.7. The molecule has 62 valence electrons. The number of carbonyl (C=O) groups excluding carboxylic acids is 1. The van der Waals surface area contributed by atoms with Gasteiger partial charge >= 0.3 is 0 Å². The second-order valence-electron chi connectivity index (χ2n) is 2.42. The molecule has 1 heterocycles. The fourth-order valence-electron chi connectivity index (χ4n) is 1.09. The van der Waals surface area contributed by atoms with Crippen LogP contribution >= 0.6 is 0 Å². The van der Waals surface area contributed by atoms with E-state index in [0.29, 0.717) is 22.9 Å². The molecule has 12 heavy (non-hydrogen) atoms. The Kier molecular flexibility index (Phi) is 1.40. The van der Waals surface area contributed by atoms with Crippen LogP contribution in [0.1, 0.15) is 11.9 Å². The fourth-order valence-corrected chi connectivity index (χ4v) is 1.09. The minimum absolute atomic E-state index is 0. The molecular formula is C8H7FN2O. The lowest BCUT2D eigenvalue weighted by atomic mass is 10.2. The Balaban J connectivity index is 0.000000845. The Morgan fingerprint density at radius 3 is 3.17 bits per heavy atom. The summed E-state index contributed by atoms with van der Waals surface area (Å²) in [5.74, 6) is -0.369. The van der Waals surface area contributed by atoms with E-state index in [1.807, 2.05) is 0 Å². The van der Waals surface area contributed by atoms with Gasteiger partial charge in [-0.3, -0.25) is 9.89 Å². The van der Waals surface area contributed by atoms with E-state index >= 15 is 0 Å². The molecule has 0 saturated heterocycles. The topological polar surface area (TPSA) is 45.8 Å². The van der Waals surface area contributed by atoms with Gasteiger partial charge in [-0.15, -0.1) is 0 Å². The van der Waals surface area contributed by atoms with Crippen LogP contribution in [-0.2, 0) is 0 Å². The number of aromatic amines is 1. The molecule has 1 N–H and O–H groups in total. The molecule has 0 fully saturated rings. The molecule has 1 aromatic carbocycles. The molecule has 0 aliphatic carbocycles. The summed E-state index contributed by atoms with van der Waals surface area (Å²) in [5.41, 5.74) is 0.906. The summed E-state index contributed by atoms with van der Waals surface area (Å²) in [4.78, 5) is 10.4. The van der Waals surface area contributed by atoms with Crippen molar-refractivity contribution in [3.8, 4) is 0 Å². The predicted octanol–water partition coefficient (Wildman–Crippen LogP) is 1.76. The minimum Gasteiger partial charge on any atom is -0.296 e. The summed E-state index contributed by atoms with van der Waals surface area (Å²) in [6.07, 6.45) is 0.620. The van der Waals surface area contributed by atoms with Crippen LogP contribution in [0.5, 0.6) is 0 Å². The van der Waals surface area contributed by atoms with E-state index in [1.165, 1.54) is 18.2 Å². The van der Waals surface area contributed by atoms with Crippen LogP contribution < -0.4 is 0 Å². The monoisotopic (exact) mass is 166 g/mol. The van der Waals surface area contributed by atoms with Crippen molar-refractivity contribution in [2.24, 2.45) is 0 Å². The number of fused-ring (bicyclic) bond motifs is 1. The Bertz CT molecular complexity index is 441. The molecule has 0 bridgehead atoms. The molecular weight excluding hydrogens is 159 g/mol. The number of H-pyrrole nitrogens is 1. The van der Waals surface area contributed by atoms with Crippen LogP contribution in [0.25, 0.3) is 10.9 Å². The first-order chi connectivity index (χ1) is 5.81. The zero-order chi connectivity index (χ0) is 8.55. The average molecular weight is 166 g/mol. The number of aldehydes is 1. The number of carbonyl (C=O) groups is 1. The minimum atomic E-state index is -0.369. The average Bonchev–Trinajstić information content (AvgIpc) is 2.46. The zero-order valence-corrected chi connectivity index (χ0v) is 6.04. The van der Waals surface area contributed by atoms with Gasteiger partial charge in [0.1, 0.15) is 11.5 Å². The lowest BCUT2D eigenvalue weighted by Gasteiger charge is -1.87. The SMILES string of the molecule is O=Cc1[nH]nc2ccc(F)cc12.[HH]. The van der Waals surface area contributed by atoms with Gasteiger partial charge in [-0.25, -0.2) is 4.39 Å². The first-order valence-electron chi connectivity index (χ1n) is 3.40. The van der Waals surface area contributed by atoms with Crippen molar-refractivity contribution in [1.82, 2.24) is 10.2 Å². The second kappa shape index (κ2) is 2.41. The van der Waals surface area contributed by atoms with Crippen LogP contribution in [0.2, 0.25) is 0 Å². The Labute approximate surface area is 68.7 Å². The molecule has 0 spiro atoms. The third kappa shape index (κ3) is 0.887. The zero-order valence-electron chi connectivity index (χ0n) is 6.04. The Morgan fingerprint density at radius 1 is 1.58 bits per heavy atom. The molecule has 0 atom stereocenters. The molecule has 0 amide bonds. The van der Waals surface area contributed by atoms with Gasteiger partial charge in [0, 0.05) is 6.81 Å². The van der Waals surface area contributed by atoms with E-state index in [-0.39, 0.29) is 7.24 Å². The summed E-state index contributed by atoms with van der Waals surface area (Å²) in [7, 11) is 0. The van der Waals surface area contributed by atoms with Gasteiger partial charge in [0.2, 0.25) is 0 Å². The summed E-state index contributed by atoms with van der Waals surface area (Å²) in [6, 6.07) is 4.11. The van der Waals surface area contributed by atoms with Crippen LogP contribution in [0.3, 0.4) is 0 Å². The summed E-state index contributed by atoms with van der Waals surface area (Å²) >= 11 is 0. The molecule has 1 aromatic heterocycles. The van der Waals surface area contributed by atoms with E-state index in [9.17, 15) is 9.18 Å². The molecule has 2 rings (SSSR count). The highest BCUT2D eigenvalue weighted by Gasteiger charge is 2.03. The molecule has 0 unspecified atom stereocenters. The Morgan fingerprint density at radius 2 is 2.42 bits per heavy atom. The van der Waals surface area contributed by atoms with Crippen molar-refractivity contribution in [2.75, 3.05) is 0 Å². The van der Waals surface area contributed by atoms with E-state index < -0.39 is 0 Å². The van der Waals surface area contributed by atoms with Crippen molar-refractivity contribution in [3.05, 3.63) is 29.7 Å². The number of nitrogens with zero attached hydrogens (tertiary/aromatic N) is 1. The predicted molar refractivity (Wildman–Crippen MR) is 43.6 cm³/mol. The van der Waals surface area contributed by atoms with Crippen LogP contribution in [0.15, 0.2) is 18.2 Å². The molecule has 4 heteroatoms. The normalized spacial score (nSPS) is 10.4. The van der Waals surface area contributed by atoms with Gasteiger partial charge in [-0.1, -0.05) is 0 Å². The highest BCUT2D eigenvalue weighted by molar-refractivity contribution is 5.94. The first-order valence-corrected chi connectivity index (χ1v) is 3.40. The quantitative estimate of drug-likeness (QED) is 0.656. The summed E-state index contributed by atoms with van der Waals surface area (Å²) in [6.45, 7) is 0. The van der Waals surface area contributed by atoms with Gasteiger partial charge in [0.15, 0.2) is 6.29 Å². The van der Waals surface area contributed by atoms with E-state index in [1.54, 1.807) is 0 Å². The summed E-state index contributed by atoms with van der Waals surface area (Å²) in [5, 5.41) is 6.83. The molecule has 0 aliphatic rings. The largest absolute Gasteiger partial charge is 0.296 e. The lowest BCUT2D eigenvalue weighted by molar-refractivity contribution is 0.112. The van der Waals surface area contributed by atoms with E-state index in [0.717, 1.165) is 0 Å². The van der Waals surface area contributed by atoms with Crippen LogP contribution in [0.4, 0.5) is 4.39 Å². The number of halogens is 1. The first kappa shape index (κ1) is 6.97. The number of nitrogens with one attached hydrogen (secondary N) is 1. The van der Waals surface area contributed by atoms with Crippen molar-refractivity contribution >= 4 is 17.2 Å². The van der Waals surface area contributed by atoms with Crippen molar-refractivity contribution in [3.63, 3.8) is 0 Å². The second-order valence-corrected chi connectivity index (χ2v) is 2.42. The van der Waals surface area contributed by atoms with E-state index in [4.69, 9.17) is 0 Å². The number of benzene rings is 1. The van der Waals surface area contributed by atoms with Gasteiger partial charge in [-0.2, -0.15) is 5.10 Å². The maximum absolute atomic E-state index is 12.7. The maximum Gasteiger partial charge on any atom is 0.168 e. The molecule has 2 aromatic rings. The van der Waals surface area contributed by atoms with Crippen LogP contribution in [0, 0.1) is 5.82 Å². The highest BCUT2D eigenvalue weighted by atomic mass is 19.1. The third-order valence-electron chi connectivity index (χ3n) is 1.66. The van der Waals surface area contributed by atoms with Crippen LogP contribution in [-0.4, -0.2) is 16.5 Å². The number of hydrogen-bond acceptors (Lipinski definition) is 2. The van der Waals surface area contributed by atoms with Gasteiger partial charge in [0.05, 0.1) is 5.52 Å². The standard InChI is InChI=1S/C8H5FN2O.H2/c9-5-1-2-7-6(3-5)8(4-12)11-10-7;/h1-4H,(H,10,11);1H. The molecule has 3 nitrogen and oxygen atoms in total. The Hall–Kier alpha value is -1.71. The van der Waals surface area contributed by atoms with Gasteiger partial charge < -0.3 is 0 Å². The van der Waals surface area contributed by atoms with E-state index in [2.05, 4.69) is 10.2 Å². The van der Waals surface area contributed by atoms with Crippen molar-refractivity contribution < 1.29 is 10.6 Å². The van der Waals surface area contributed by atoms with Gasteiger partial charge in [-0.05, 0) is 18.2 Å². The fraction of sp³-hybridized carbons (Fsp3) is 0. The maximum atomic E-state index is 12.7.